The van der Waals surface area contributed by atoms with Crippen LogP contribution in [0.2, 0.25) is 0 Å². The number of carbonyl (C=O) groups excluding carboxylic acids is 2. The highest BCUT2D eigenvalue weighted by Gasteiger charge is 2.20. The van der Waals surface area contributed by atoms with Gasteiger partial charge in [0.1, 0.15) is 0 Å². The Kier molecular flexibility index (Phi) is 65.4. The van der Waals surface area contributed by atoms with Crippen LogP contribution >= 0.6 is 0 Å². The van der Waals surface area contributed by atoms with Crippen LogP contribution in [-0.2, 0) is 14.3 Å². The van der Waals surface area contributed by atoms with Gasteiger partial charge < -0.3 is 20.3 Å². The molecule has 0 radical (unpaired) electrons. The molecule has 0 spiro atoms. The molecule has 0 bridgehead atoms. The van der Waals surface area contributed by atoms with Gasteiger partial charge >= 0.3 is 5.97 Å². The molecule has 2 unspecified atom stereocenters. The third-order valence-electron chi connectivity index (χ3n) is 16.9. The first-order chi connectivity index (χ1) is 37.5. The summed E-state index contributed by atoms with van der Waals surface area (Å²) in [6.45, 7) is 5.00. The Morgan fingerprint density at radius 2 is 0.539 bits per heavy atom. The second kappa shape index (κ2) is 66.4. The molecular formula is C70H139NO5. The predicted octanol–water partition coefficient (Wildman–Crippen LogP) is 22.6. The molecule has 454 valence electrons. The lowest BCUT2D eigenvalue weighted by Crippen LogP contribution is -2.45. The highest BCUT2D eigenvalue weighted by Crippen LogP contribution is 2.20. The Bertz CT molecular complexity index is 1100. The Morgan fingerprint density at radius 3 is 0.803 bits per heavy atom. The number of carbonyl (C=O) groups is 2. The largest absolute Gasteiger partial charge is 0.466 e. The highest BCUT2D eigenvalue weighted by molar-refractivity contribution is 5.76. The van der Waals surface area contributed by atoms with E-state index in [1.165, 1.54) is 340 Å². The van der Waals surface area contributed by atoms with Gasteiger partial charge in [-0.05, 0) is 25.7 Å². The van der Waals surface area contributed by atoms with E-state index in [9.17, 15) is 19.8 Å². The first kappa shape index (κ1) is 74.9. The summed E-state index contributed by atoms with van der Waals surface area (Å²) in [5, 5.41) is 23.4. The molecule has 0 fully saturated rings. The zero-order chi connectivity index (χ0) is 55.0. The second-order valence-electron chi connectivity index (χ2n) is 24.6. The molecule has 6 heteroatoms. The molecule has 0 heterocycles. The molecule has 0 aliphatic carbocycles. The first-order valence-electron chi connectivity index (χ1n) is 35.3. The summed E-state index contributed by atoms with van der Waals surface area (Å²) in [6, 6.07) is -0.540. The van der Waals surface area contributed by atoms with Crippen LogP contribution in [0.5, 0.6) is 0 Å². The Morgan fingerprint density at radius 1 is 0.316 bits per heavy atom. The first-order valence-corrected chi connectivity index (χ1v) is 35.3. The van der Waals surface area contributed by atoms with E-state index in [2.05, 4.69) is 19.2 Å². The summed E-state index contributed by atoms with van der Waals surface area (Å²) in [5.74, 6) is -0.00912. The maximum absolute atomic E-state index is 12.5. The van der Waals surface area contributed by atoms with E-state index >= 15 is 0 Å². The maximum atomic E-state index is 12.5. The fourth-order valence-electron chi connectivity index (χ4n) is 11.5. The van der Waals surface area contributed by atoms with Gasteiger partial charge in [0.25, 0.3) is 0 Å². The van der Waals surface area contributed by atoms with Crippen LogP contribution in [0.15, 0.2) is 0 Å². The predicted molar refractivity (Wildman–Crippen MR) is 334 cm³/mol. The monoisotopic (exact) mass is 1070 g/mol. The van der Waals surface area contributed by atoms with E-state index in [1.54, 1.807) is 0 Å². The summed E-state index contributed by atoms with van der Waals surface area (Å²) in [7, 11) is 0. The molecule has 0 aromatic rings. The van der Waals surface area contributed by atoms with Gasteiger partial charge in [-0.25, -0.2) is 0 Å². The molecule has 0 saturated carbocycles. The van der Waals surface area contributed by atoms with Crippen LogP contribution < -0.4 is 5.32 Å². The number of rotatable bonds is 67. The minimum Gasteiger partial charge on any atom is -0.466 e. The number of ether oxygens (including phenoxy) is 1. The topological polar surface area (TPSA) is 95.9 Å². The van der Waals surface area contributed by atoms with Crippen LogP contribution in [0.4, 0.5) is 0 Å². The van der Waals surface area contributed by atoms with E-state index in [4.69, 9.17) is 4.74 Å². The van der Waals surface area contributed by atoms with E-state index < -0.39 is 12.1 Å². The quantitative estimate of drug-likeness (QED) is 0.0417. The van der Waals surface area contributed by atoms with Gasteiger partial charge in [-0.1, -0.05) is 373 Å². The standard InChI is InChI=1S/C70H139NO5/c1-3-5-7-9-11-13-15-17-18-19-20-21-27-30-33-36-39-42-46-50-54-58-62-68(73)67(66-72)71-69(74)63-59-55-51-47-43-40-37-34-31-28-25-23-22-24-26-29-32-35-38-41-45-49-53-57-61-65-76-70(75)64-60-56-52-48-44-16-14-12-10-8-6-4-2/h67-68,72-73H,3-66H2,1-2H3,(H,71,74). The van der Waals surface area contributed by atoms with Gasteiger partial charge in [-0.2, -0.15) is 0 Å². The van der Waals surface area contributed by atoms with Crippen molar-refractivity contribution in [3.8, 4) is 0 Å². The number of esters is 1. The molecule has 6 nitrogen and oxygen atoms in total. The fourth-order valence-corrected chi connectivity index (χ4v) is 11.5. The van der Waals surface area contributed by atoms with Crippen molar-refractivity contribution in [2.45, 2.75) is 424 Å². The van der Waals surface area contributed by atoms with Crippen LogP contribution in [0.3, 0.4) is 0 Å². The van der Waals surface area contributed by atoms with Crippen LogP contribution in [0.25, 0.3) is 0 Å². The normalized spacial score (nSPS) is 12.4. The second-order valence-corrected chi connectivity index (χ2v) is 24.6. The Labute approximate surface area is 476 Å². The third-order valence-corrected chi connectivity index (χ3v) is 16.9. The average Bonchev–Trinajstić information content (AvgIpc) is 3.42. The van der Waals surface area contributed by atoms with Crippen LogP contribution in [0, 0.1) is 0 Å². The van der Waals surface area contributed by atoms with Crippen LogP contribution in [-0.4, -0.2) is 47.4 Å². The summed E-state index contributed by atoms with van der Waals surface area (Å²) in [4.78, 5) is 24.6. The number of hydrogen-bond donors (Lipinski definition) is 3. The molecule has 0 aliphatic rings. The van der Waals surface area contributed by atoms with Crippen molar-refractivity contribution in [3.05, 3.63) is 0 Å². The molecule has 76 heavy (non-hydrogen) atoms. The van der Waals surface area contributed by atoms with Crippen molar-refractivity contribution in [1.29, 1.82) is 0 Å². The lowest BCUT2D eigenvalue weighted by atomic mass is 10.0. The van der Waals surface area contributed by atoms with Crippen molar-refractivity contribution in [3.63, 3.8) is 0 Å². The summed E-state index contributed by atoms with van der Waals surface area (Å²) in [6.07, 6.45) is 80.1. The third kappa shape index (κ3) is 62.1. The van der Waals surface area contributed by atoms with E-state index in [1.807, 2.05) is 0 Å². The van der Waals surface area contributed by atoms with Crippen molar-refractivity contribution in [2.24, 2.45) is 0 Å². The Hall–Kier alpha value is -1.14. The van der Waals surface area contributed by atoms with E-state index in [0.29, 0.717) is 25.9 Å². The van der Waals surface area contributed by atoms with Gasteiger partial charge in [-0.15, -0.1) is 0 Å². The lowest BCUT2D eigenvalue weighted by Gasteiger charge is -2.22. The fraction of sp³-hybridized carbons (Fsp3) is 0.971. The Balaban J connectivity index is 3.35. The lowest BCUT2D eigenvalue weighted by molar-refractivity contribution is -0.143. The van der Waals surface area contributed by atoms with Gasteiger partial charge in [0.05, 0.1) is 25.4 Å². The highest BCUT2D eigenvalue weighted by atomic mass is 16.5. The maximum Gasteiger partial charge on any atom is 0.305 e. The van der Waals surface area contributed by atoms with Crippen molar-refractivity contribution < 1.29 is 24.5 Å². The van der Waals surface area contributed by atoms with Crippen molar-refractivity contribution in [1.82, 2.24) is 5.32 Å². The smallest absolute Gasteiger partial charge is 0.305 e. The summed E-state index contributed by atoms with van der Waals surface area (Å²) >= 11 is 0. The SMILES string of the molecule is CCCCCCCCCCCCCCCCCCCCCCCCC(O)C(CO)NC(=O)CCCCCCCCCCCCCCCCCCCCCCCCCCCOC(=O)CCCCCCCCCCCCCC. The molecule has 0 aliphatic heterocycles. The van der Waals surface area contributed by atoms with E-state index in [0.717, 1.165) is 38.5 Å². The number of aliphatic hydroxyl groups is 2. The number of hydrogen-bond acceptors (Lipinski definition) is 5. The van der Waals surface area contributed by atoms with E-state index in [-0.39, 0.29) is 18.5 Å². The molecule has 0 rings (SSSR count). The number of amides is 1. The zero-order valence-electron chi connectivity index (χ0n) is 52.0. The van der Waals surface area contributed by atoms with Gasteiger partial charge in [0.2, 0.25) is 5.91 Å². The number of nitrogens with one attached hydrogen (secondary N) is 1. The molecular weight excluding hydrogens is 935 g/mol. The number of unbranched alkanes of at least 4 members (excludes halogenated alkanes) is 56. The van der Waals surface area contributed by atoms with Gasteiger partial charge in [0, 0.05) is 12.8 Å². The summed E-state index contributed by atoms with van der Waals surface area (Å²) < 4.78 is 5.48. The average molecular weight is 1070 g/mol. The minimum atomic E-state index is -0.663. The van der Waals surface area contributed by atoms with Crippen molar-refractivity contribution >= 4 is 11.9 Å². The summed E-state index contributed by atoms with van der Waals surface area (Å²) in [5.41, 5.74) is 0. The molecule has 0 aromatic carbocycles. The van der Waals surface area contributed by atoms with Gasteiger partial charge in [-0.3, -0.25) is 9.59 Å². The van der Waals surface area contributed by atoms with Crippen molar-refractivity contribution in [2.75, 3.05) is 13.2 Å². The molecule has 2 atom stereocenters. The molecule has 0 aromatic heterocycles. The molecule has 0 saturated heterocycles. The zero-order valence-corrected chi connectivity index (χ0v) is 52.0. The minimum absolute atomic E-state index is 0.0185. The number of aliphatic hydroxyl groups excluding tert-OH is 2. The molecule has 1 amide bonds. The van der Waals surface area contributed by atoms with Crippen LogP contribution in [0.1, 0.15) is 412 Å². The van der Waals surface area contributed by atoms with Gasteiger partial charge in [0.15, 0.2) is 0 Å². The molecule has 3 N–H and O–H groups in total.